The minimum Gasteiger partial charge on any atom is -0.481 e. The van der Waals surface area contributed by atoms with Crippen LogP contribution in [0.5, 0.6) is 0 Å². The molecule has 2 rings (SSSR count). The summed E-state index contributed by atoms with van der Waals surface area (Å²) in [5.41, 5.74) is 1.39. The number of aromatic amines is 1. The second-order valence-corrected chi connectivity index (χ2v) is 4.53. The topological polar surface area (TPSA) is 83.1 Å². The zero-order valence-corrected chi connectivity index (χ0v) is 10.2. The van der Waals surface area contributed by atoms with Crippen LogP contribution >= 0.6 is 0 Å². The number of fused-ring (bicyclic) bond motifs is 1. The number of hydrogen-bond donors (Lipinski definition) is 2. The smallest absolute Gasteiger partial charge is 0.309 e. The fourth-order valence-corrected chi connectivity index (χ4v) is 1.80. The monoisotopic (exact) mass is 246 g/mol. The number of aromatic nitrogens is 2. The minimum atomic E-state index is -1.06. The van der Waals surface area contributed by atoms with Gasteiger partial charge >= 0.3 is 5.97 Å². The quantitative estimate of drug-likeness (QED) is 0.863. The van der Waals surface area contributed by atoms with Gasteiger partial charge in [-0.25, -0.2) is 0 Å². The maximum atomic E-state index is 12.1. The number of carboxylic acid groups (broad SMARTS) is 1. The predicted octanol–water partition coefficient (Wildman–Crippen LogP) is 1.67. The zero-order chi connectivity index (χ0) is 13.3. The van der Waals surface area contributed by atoms with E-state index in [0.717, 1.165) is 5.56 Å². The highest BCUT2D eigenvalue weighted by molar-refractivity contribution is 5.80. The average molecular weight is 246 g/mol. The third kappa shape index (κ3) is 2.25. The van der Waals surface area contributed by atoms with Crippen molar-refractivity contribution < 1.29 is 9.90 Å². The van der Waals surface area contributed by atoms with Crippen molar-refractivity contribution >= 4 is 16.9 Å². The van der Waals surface area contributed by atoms with Crippen molar-refractivity contribution in [1.29, 1.82) is 0 Å². The first-order chi connectivity index (χ1) is 8.49. The van der Waals surface area contributed by atoms with E-state index >= 15 is 0 Å². The Kier molecular flexibility index (Phi) is 3.14. The highest BCUT2D eigenvalue weighted by atomic mass is 16.4. The third-order valence-corrected chi connectivity index (χ3v) is 2.85. The Balaban J connectivity index is 2.64. The van der Waals surface area contributed by atoms with Crippen LogP contribution in [0.4, 0.5) is 0 Å². The van der Waals surface area contributed by atoms with E-state index in [2.05, 4.69) is 10.2 Å². The summed E-state index contributed by atoms with van der Waals surface area (Å²) in [5, 5.41) is 15.7. The van der Waals surface area contributed by atoms with Gasteiger partial charge in [-0.3, -0.25) is 14.7 Å². The molecule has 1 heterocycles. The summed E-state index contributed by atoms with van der Waals surface area (Å²) in [7, 11) is 0. The summed E-state index contributed by atoms with van der Waals surface area (Å²) in [6, 6.07) is 5.52. The molecule has 5 heteroatoms. The number of benzene rings is 1. The van der Waals surface area contributed by atoms with E-state index in [9.17, 15) is 9.59 Å². The molecule has 0 spiro atoms. The summed E-state index contributed by atoms with van der Waals surface area (Å²) in [6.07, 6.45) is -0.364. The SMILES string of the molecule is CC(C)c1ccc2[nH]nc(CC(=O)O)c(=O)c2c1. The highest BCUT2D eigenvalue weighted by Crippen LogP contribution is 2.17. The molecule has 0 saturated heterocycles. The van der Waals surface area contributed by atoms with E-state index in [-0.39, 0.29) is 17.5 Å². The second kappa shape index (κ2) is 4.60. The maximum absolute atomic E-state index is 12.1. The summed E-state index contributed by atoms with van der Waals surface area (Å²) in [5.74, 6) is -0.753. The van der Waals surface area contributed by atoms with Gasteiger partial charge in [0.15, 0.2) is 0 Å². The number of H-pyrrole nitrogens is 1. The Bertz CT molecular complexity index is 659. The van der Waals surface area contributed by atoms with Gasteiger partial charge in [0, 0.05) is 5.39 Å². The molecule has 1 aromatic heterocycles. The molecule has 1 aromatic carbocycles. The van der Waals surface area contributed by atoms with Gasteiger partial charge in [-0.05, 0) is 23.6 Å². The Morgan fingerprint density at radius 3 is 2.78 bits per heavy atom. The van der Waals surface area contributed by atoms with Crippen molar-refractivity contribution in [3.63, 3.8) is 0 Å². The van der Waals surface area contributed by atoms with Crippen molar-refractivity contribution in [2.45, 2.75) is 26.2 Å². The van der Waals surface area contributed by atoms with Crippen molar-refractivity contribution in [3.8, 4) is 0 Å². The number of hydrogen-bond acceptors (Lipinski definition) is 3. The van der Waals surface area contributed by atoms with Gasteiger partial charge in [-0.2, -0.15) is 5.10 Å². The van der Waals surface area contributed by atoms with Crippen molar-refractivity contribution in [2.24, 2.45) is 0 Å². The largest absolute Gasteiger partial charge is 0.481 e. The first kappa shape index (κ1) is 12.3. The lowest BCUT2D eigenvalue weighted by Gasteiger charge is -2.06. The molecule has 2 N–H and O–H groups in total. The van der Waals surface area contributed by atoms with E-state index in [1.165, 1.54) is 0 Å². The highest BCUT2D eigenvalue weighted by Gasteiger charge is 2.11. The Morgan fingerprint density at radius 2 is 2.17 bits per heavy atom. The Hall–Kier alpha value is -2.17. The predicted molar refractivity (Wildman–Crippen MR) is 67.8 cm³/mol. The number of carbonyl (C=O) groups is 1. The number of aliphatic carboxylic acids is 1. The molecule has 0 aliphatic carbocycles. The summed E-state index contributed by atoms with van der Waals surface area (Å²) in [6.45, 7) is 4.07. The normalized spacial score (nSPS) is 11.1. The molecule has 5 nitrogen and oxygen atoms in total. The van der Waals surface area contributed by atoms with Crippen LogP contribution in [0.15, 0.2) is 23.0 Å². The summed E-state index contributed by atoms with van der Waals surface area (Å²) < 4.78 is 0. The molecule has 0 saturated carbocycles. The van der Waals surface area contributed by atoms with Crippen LogP contribution in [0.1, 0.15) is 31.0 Å². The first-order valence-corrected chi connectivity index (χ1v) is 5.72. The van der Waals surface area contributed by atoms with Crippen LogP contribution in [-0.4, -0.2) is 21.3 Å². The standard InChI is InChI=1S/C13H14N2O3/c1-7(2)8-3-4-10-9(5-8)13(18)11(15-14-10)6-12(16)17/h3-5,7H,6H2,1-2H3,(H,14,18)(H,16,17). The zero-order valence-electron chi connectivity index (χ0n) is 10.2. The fraction of sp³-hybridized carbons (Fsp3) is 0.308. The van der Waals surface area contributed by atoms with Crippen LogP contribution in [0.25, 0.3) is 10.9 Å². The number of rotatable bonds is 3. The number of carboxylic acids is 1. The van der Waals surface area contributed by atoms with E-state index in [0.29, 0.717) is 16.8 Å². The molecule has 2 aromatic rings. The maximum Gasteiger partial charge on any atom is 0.309 e. The van der Waals surface area contributed by atoms with Crippen molar-refractivity contribution in [3.05, 3.63) is 39.7 Å². The molecule has 0 bridgehead atoms. The van der Waals surface area contributed by atoms with Gasteiger partial charge in [0.25, 0.3) is 0 Å². The minimum absolute atomic E-state index is 0.0379. The Labute approximate surface area is 103 Å². The Morgan fingerprint density at radius 1 is 1.44 bits per heavy atom. The van der Waals surface area contributed by atoms with Crippen LogP contribution in [-0.2, 0) is 11.2 Å². The molecule has 18 heavy (non-hydrogen) atoms. The van der Waals surface area contributed by atoms with Crippen molar-refractivity contribution in [2.75, 3.05) is 0 Å². The fourth-order valence-electron chi connectivity index (χ4n) is 1.80. The molecule has 94 valence electrons. The van der Waals surface area contributed by atoms with Gasteiger partial charge in [0.05, 0.1) is 11.9 Å². The van der Waals surface area contributed by atoms with E-state index in [1.54, 1.807) is 12.1 Å². The average Bonchev–Trinajstić information content (AvgIpc) is 2.32. The van der Waals surface area contributed by atoms with Crippen LogP contribution in [0.3, 0.4) is 0 Å². The summed E-state index contributed by atoms with van der Waals surface area (Å²) >= 11 is 0. The molecule has 0 atom stereocenters. The molecule has 0 amide bonds. The first-order valence-electron chi connectivity index (χ1n) is 5.72. The molecule has 0 radical (unpaired) electrons. The molecular weight excluding hydrogens is 232 g/mol. The number of nitrogens with zero attached hydrogens (tertiary/aromatic N) is 1. The molecule has 0 aliphatic rings. The van der Waals surface area contributed by atoms with Gasteiger partial charge in [-0.15, -0.1) is 0 Å². The second-order valence-electron chi connectivity index (χ2n) is 4.53. The van der Waals surface area contributed by atoms with Gasteiger partial charge in [0.2, 0.25) is 5.43 Å². The number of nitrogens with one attached hydrogen (secondary N) is 1. The van der Waals surface area contributed by atoms with Crippen LogP contribution in [0, 0.1) is 0 Å². The molecule has 0 unspecified atom stereocenters. The lowest BCUT2D eigenvalue weighted by molar-refractivity contribution is -0.136. The molecule has 0 aliphatic heterocycles. The summed E-state index contributed by atoms with van der Waals surface area (Å²) in [4.78, 5) is 22.7. The molecule has 0 fully saturated rings. The van der Waals surface area contributed by atoms with E-state index < -0.39 is 5.97 Å². The van der Waals surface area contributed by atoms with Gasteiger partial charge in [0.1, 0.15) is 5.69 Å². The van der Waals surface area contributed by atoms with Gasteiger partial charge < -0.3 is 5.11 Å². The lowest BCUT2D eigenvalue weighted by Crippen LogP contribution is -2.17. The van der Waals surface area contributed by atoms with Gasteiger partial charge in [-0.1, -0.05) is 19.9 Å². The third-order valence-electron chi connectivity index (χ3n) is 2.85. The van der Waals surface area contributed by atoms with E-state index in [1.807, 2.05) is 19.9 Å². The van der Waals surface area contributed by atoms with Crippen LogP contribution in [0.2, 0.25) is 0 Å². The van der Waals surface area contributed by atoms with Crippen LogP contribution < -0.4 is 5.43 Å². The molecular formula is C13H14N2O3. The van der Waals surface area contributed by atoms with E-state index in [4.69, 9.17) is 5.11 Å². The van der Waals surface area contributed by atoms with Crippen molar-refractivity contribution in [1.82, 2.24) is 10.2 Å². The lowest BCUT2D eigenvalue weighted by atomic mass is 10.0.